The lowest BCUT2D eigenvalue weighted by Crippen LogP contribution is -2.45. The van der Waals surface area contributed by atoms with Crippen molar-refractivity contribution in [1.82, 2.24) is 10.3 Å². The summed E-state index contributed by atoms with van der Waals surface area (Å²) in [4.78, 5) is 16.0. The van der Waals surface area contributed by atoms with Gasteiger partial charge in [-0.1, -0.05) is 12.1 Å². The largest absolute Gasteiger partial charge is 0.365 e. The minimum Gasteiger partial charge on any atom is -0.365 e. The highest BCUT2D eigenvalue weighted by Crippen LogP contribution is 2.34. The molecule has 2 unspecified atom stereocenters. The Hall–Kier alpha value is -3.73. The van der Waals surface area contributed by atoms with E-state index in [-0.39, 0.29) is 22.5 Å². The number of halogens is 3. The molecule has 1 aliphatic rings. The van der Waals surface area contributed by atoms with Crippen molar-refractivity contribution in [3.8, 4) is 0 Å². The van der Waals surface area contributed by atoms with Crippen molar-refractivity contribution in [3.05, 3.63) is 95.1 Å². The molecule has 3 aromatic rings. The Balaban J connectivity index is 1.59. The van der Waals surface area contributed by atoms with E-state index in [9.17, 15) is 26.4 Å². The molecule has 1 fully saturated rings. The summed E-state index contributed by atoms with van der Waals surface area (Å²) in [5, 5.41) is 12.0. The van der Waals surface area contributed by atoms with E-state index in [2.05, 4.69) is 15.6 Å². The number of sulfone groups is 1. The summed E-state index contributed by atoms with van der Waals surface area (Å²) in [5.41, 5.74) is 0.103. The Morgan fingerprint density at radius 2 is 1.85 bits per heavy atom. The number of nitrogens with zero attached hydrogens (tertiary/aromatic N) is 1. The van der Waals surface area contributed by atoms with Crippen molar-refractivity contribution in [2.75, 3.05) is 11.1 Å². The van der Waals surface area contributed by atoms with Crippen LogP contribution in [0.1, 0.15) is 32.9 Å². The lowest BCUT2D eigenvalue weighted by molar-refractivity contribution is 0.102. The molecule has 2 atom stereocenters. The molecule has 33 heavy (non-hydrogen) atoms. The standard InChI is InChI=1S/C22H17F3N4O3S/c23-13-3-1-2-12(8-13)20-21(26)29-19(11-33(20,31)32)16-9-15(5-6-17(16)25)28-22(30)18-7-4-14(24)10-27-18/h1-10,19-20H,11H2,(H2,26,29)(H,28,30). The zero-order chi connectivity index (χ0) is 23.8. The van der Waals surface area contributed by atoms with E-state index >= 15 is 0 Å². The number of anilines is 1. The number of amides is 1. The van der Waals surface area contributed by atoms with E-state index in [1.807, 2.05) is 0 Å². The van der Waals surface area contributed by atoms with Crippen LogP contribution in [0.15, 0.2) is 60.8 Å². The summed E-state index contributed by atoms with van der Waals surface area (Å²) in [7, 11) is -3.99. The zero-order valence-corrected chi connectivity index (χ0v) is 17.7. The number of carbonyl (C=O) groups is 1. The monoisotopic (exact) mass is 474 g/mol. The molecule has 2 aromatic carbocycles. The number of benzene rings is 2. The molecule has 1 aromatic heterocycles. The second-order valence-electron chi connectivity index (χ2n) is 7.43. The molecule has 2 heterocycles. The number of rotatable bonds is 4. The Morgan fingerprint density at radius 1 is 1.06 bits per heavy atom. The third-order valence-electron chi connectivity index (χ3n) is 5.09. The van der Waals surface area contributed by atoms with Crippen LogP contribution in [0.4, 0.5) is 18.9 Å². The Labute approximate surface area is 187 Å². The number of amidine groups is 1. The molecule has 0 bridgehead atoms. The average Bonchev–Trinajstić information content (AvgIpc) is 2.74. The van der Waals surface area contributed by atoms with E-state index in [1.54, 1.807) is 0 Å². The lowest BCUT2D eigenvalue weighted by Gasteiger charge is -2.32. The van der Waals surface area contributed by atoms with Gasteiger partial charge in [0.05, 0.1) is 18.0 Å². The first-order valence-electron chi connectivity index (χ1n) is 9.68. The van der Waals surface area contributed by atoms with Gasteiger partial charge >= 0.3 is 0 Å². The number of carbonyl (C=O) groups excluding carboxylic acids is 1. The SMILES string of the molecule is N=C1NC(c2cc(NC(=O)c3ccc(F)cn3)ccc2F)CS(=O)(=O)C1c1cccc(F)c1. The van der Waals surface area contributed by atoms with Crippen LogP contribution in [0.2, 0.25) is 0 Å². The summed E-state index contributed by atoms with van der Waals surface area (Å²) in [6.45, 7) is 0. The number of aromatic nitrogens is 1. The fourth-order valence-corrected chi connectivity index (χ4v) is 5.53. The summed E-state index contributed by atoms with van der Waals surface area (Å²) in [6, 6.07) is 9.68. The van der Waals surface area contributed by atoms with Gasteiger partial charge < -0.3 is 10.6 Å². The first-order chi connectivity index (χ1) is 15.6. The molecular formula is C22H17F3N4O3S. The van der Waals surface area contributed by atoms with E-state index < -0.39 is 56.1 Å². The quantitative estimate of drug-likeness (QED) is 0.536. The second kappa shape index (κ2) is 8.66. The van der Waals surface area contributed by atoms with Crippen molar-refractivity contribution in [2.24, 2.45) is 0 Å². The van der Waals surface area contributed by atoms with Crippen LogP contribution in [0.5, 0.6) is 0 Å². The van der Waals surface area contributed by atoms with Gasteiger partial charge in [0, 0.05) is 11.3 Å². The number of hydrogen-bond acceptors (Lipinski definition) is 5. The van der Waals surface area contributed by atoms with Crippen LogP contribution in [-0.4, -0.2) is 30.9 Å². The number of pyridine rings is 1. The summed E-state index contributed by atoms with van der Waals surface area (Å²) >= 11 is 0. The van der Waals surface area contributed by atoms with Crippen molar-refractivity contribution in [2.45, 2.75) is 11.3 Å². The van der Waals surface area contributed by atoms with Crippen LogP contribution >= 0.6 is 0 Å². The van der Waals surface area contributed by atoms with Crippen LogP contribution in [0.3, 0.4) is 0 Å². The van der Waals surface area contributed by atoms with Crippen LogP contribution in [0.25, 0.3) is 0 Å². The summed E-state index contributed by atoms with van der Waals surface area (Å²) in [6.07, 6.45) is 0.877. The number of hydrogen-bond donors (Lipinski definition) is 3. The maximum atomic E-state index is 14.6. The van der Waals surface area contributed by atoms with Crippen LogP contribution in [0, 0.1) is 22.9 Å². The minimum atomic E-state index is -3.99. The predicted octanol–water partition coefficient (Wildman–Crippen LogP) is 3.53. The van der Waals surface area contributed by atoms with Gasteiger partial charge in [0.25, 0.3) is 5.91 Å². The zero-order valence-electron chi connectivity index (χ0n) is 16.8. The van der Waals surface area contributed by atoms with Gasteiger partial charge in [-0.3, -0.25) is 10.2 Å². The molecule has 0 saturated carbocycles. The van der Waals surface area contributed by atoms with Gasteiger partial charge in [-0.2, -0.15) is 0 Å². The van der Waals surface area contributed by atoms with Gasteiger partial charge in [-0.05, 0) is 48.0 Å². The summed E-state index contributed by atoms with van der Waals surface area (Å²) < 4.78 is 67.1. The van der Waals surface area contributed by atoms with Crippen molar-refractivity contribution in [3.63, 3.8) is 0 Å². The molecule has 0 radical (unpaired) electrons. The molecule has 170 valence electrons. The fraction of sp³-hybridized carbons (Fsp3) is 0.136. The van der Waals surface area contributed by atoms with E-state index in [4.69, 9.17) is 5.41 Å². The fourth-order valence-electron chi connectivity index (χ4n) is 3.62. The minimum absolute atomic E-state index is 0.0691. The molecule has 1 aliphatic heterocycles. The van der Waals surface area contributed by atoms with Gasteiger partial charge in [-0.25, -0.2) is 26.6 Å². The topological polar surface area (TPSA) is 112 Å². The maximum Gasteiger partial charge on any atom is 0.274 e. The molecule has 1 saturated heterocycles. The number of nitrogens with one attached hydrogen (secondary N) is 3. The molecule has 4 rings (SSSR count). The average molecular weight is 474 g/mol. The second-order valence-corrected chi connectivity index (χ2v) is 9.56. The van der Waals surface area contributed by atoms with E-state index in [1.165, 1.54) is 30.3 Å². The van der Waals surface area contributed by atoms with Gasteiger partial charge in [0.15, 0.2) is 9.84 Å². The third kappa shape index (κ3) is 4.72. The van der Waals surface area contributed by atoms with E-state index in [0.29, 0.717) is 0 Å². The highest BCUT2D eigenvalue weighted by Gasteiger charge is 2.40. The third-order valence-corrected chi connectivity index (χ3v) is 7.11. The molecule has 7 nitrogen and oxygen atoms in total. The van der Waals surface area contributed by atoms with Crippen LogP contribution in [-0.2, 0) is 9.84 Å². The molecule has 0 spiro atoms. The van der Waals surface area contributed by atoms with Crippen LogP contribution < -0.4 is 10.6 Å². The first-order valence-corrected chi connectivity index (χ1v) is 11.4. The van der Waals surface area contributed by atoms with Crippen molar-refractivity contribution < 1.29 is 26.4 Å². The molecule has 11 heteroatoms. The van der Waals surface area contributed by atoms with Gasteiger partial charge in [-0.15, -0.1) is 0 Å². The Kier molecular flexibility index (Phi) is 5.90. The van der Waals surface area contributed by atoms with Crippen molar-refractivity contribution >= 4 is 27.3 Å². The maximum absolute atomic E-state index is 14.6. The first kappa shape index (κ1) is 22.5. The van der Waals surface area contributed by atoms with E-state index in [0.717, 1.165) is 30.5 Å². The Bertz CT molecular complexity index is 1350. The molecule has 0 aliphatic carbocycles. The normalized spacial score (nSPS) is 19.5. The summed E-state index contributed by atoms with van der Waals surface area (Å²) in [5.74, 6) is -3.62. The molecule has 3 N–H and O–H groups in total. The van der Waals surface area contributed by atoms with Crippen molar-refractivity contribution in [1.29, 1.82) is 5.41 Å². The highest BCUT2D eigenvalue weighted by molar-refractivity contribution is 7.92. The van der Waals surface area contributed by atoms with Gasteiger partial charge in [0.1, 0.15) is 34.2 Å². The molecule has 1 amide bonds. The predicted molar refractivity (Wildman–Crippen MR) is 115 cm³/mol. The lowest BCUT2D eigenvalue weighted by atomic mass is 10.0. The Morgan fingerprint density at radius 3 is 2.52 bits per heavy atom. The molecular weight excluding hydrogens is 457 g/mol. The smallest absolute Gasteiger partial charge is 0.274 e. The van der Waals surface area contributed by atoms with Gasteiger partial charge in [0.2, 0.25) is 0 Å². The highest BCUT2D eigenvalue weighted by atomic mass is 32.2.